The summed E-state index contributed by atoms with van der Waals surface area (Å²) in [5, 5.41) is 7.30. The fraction of sp³-hybridized carbons (Fsp3) is 0.545. The van der Waals surface area contributed by atoms with Crippen molar-refractivity contribution in [3.05, 3.63) is 67.9 Å². The summed E-state index contributed by atoms with van der Waals surface area (Å²) in [6, 6.07) is 6.70. The summed E-state index contributed by atoms with van der Waals surface area (Å²) < 4.78 is 38.1. The third-order valence-corrected chi connectivity index (χ3v) is 8.51. The topological polar surface area (TPSA) is 72.3 Å². The average Bonchev–Trinajstić information content (AvgIpc) is 3.29. The summed E-state index contributed by atoms with van der Waals surface area (Å²) in [4.78, 5) is 20.3. The Bertz CT molecular complexity index is 1530. The highest BCUT2D eigenvalue weighted by Crippen LogP contribution is 2.38. The second kappa shape index (κ2) is 14.1. The lowest BCUT2D eigenvalue weighted by atomic mass is 9.81. The van der Waals surface area contributed by atoms with Crippen molar-refractivity contribution in [1.29, 1.82) is 0 Å². The van der Waals surface area contributed by atoms with Crippen molar-refractivity contribution in [2.75, 3.05) is 11.9 Å². The van der Waals surface area contributed by atoms with Crippen LogP contribution in [0.3, 0.4) is 0 Å². The van der Waals surface area contributed by atoms with Crippen LogP contribution in [-0.4, -0.2) is 43.8 Å². The number of pyridine rings is 1. The summed E-state index contributed by atoms with van der Waals surface area (Å²) >= 11 is 18.9. The van der Waals surface area contributed by atoms with Crippen molar-refractivity contribution in [3.63, 3.8) is 0 Å². The van der Waals surface area contributed by atoms with E-state index >= 15 is 4.39 Å². The van der Waals surface area contributed by atoms with Gasteiger partial charge in [-0.15, -0.1) is 0 Å². The summed E-state index contributed by atoms with van der Waals surface area (Å²) in [7, 11) is 0. The predicted molar refractivity (Wildman–Crippen MR) is 179 cm³/mol. The number of hydrogen-bond donors (Lipinski definition) is 1. The van der Waals surface area contributed by atoms with E-state index < -0.39 is 28.6 Å². The molecule has 0 radical (unpaired) electrons. The summed E-state index contributed by atoms with van der Waals surface area (Å²) in [6.45, 7) is 19.6. The van der Waals surface area contributed by atoms with Crippen LogP contribution in [0.25, 0.3) is 0 Å². The van der Waals surface area contributed by atoms with Crippen LogP contribution in [0.2, 0.25) is 15.1 Å². The lowest BCUT2D eigenvalue weighted by Gasteiger charge is -2.35. The van der Waals surface area contributed by atoms with Crippen molar-refractivity contribution in [1.82, 2.24) is 19.7 Å². The number of aromatic nitrogens is 3. The number of aryl methyl sites for hydroxylation is 1. The molecule has 0 aliphatic rings. The van der Waals surface area contributed by atoms with E-state index in [1.807, 2.05) is 57.2 Å². The standard InChI is InChI=1S/C33H44Cl3F2N5O2/c1-19(2)42(18-21-12-11-13-22(34)27(21)37)15-14-33(10,30(44)45-32(7,8)9)17-23-28(38)25(35)26(36)29(39-23)40-24-16-20(3)43(41-24)31(4,5)6/h11-13,16,19H,14-15,17-18H2,1-10H3,(H,39,40,41)/t33-/m0/s1. The van der Waals surface area contributed by atoms with E-state index in [-0.39, 0.29) is 57.5 Å². The molecule has 0 aliphatic carbocycles. The minimum absolute atomic E-state index is 0.00160. The maximum atomic E-state index is 15.7. The number of anilines is 2. The summed E-state index contributed by atoms with van der Waals surface area (Å²) in [5.74, 6) is -1.25. The third kappa shape index (κ3) is 9.31. The average molecular weight is 687 g/mol. The maximum Gasteiger partial charge on any atom is 0.312 e. The van der Waals surface area contributed by atoms with Gasteiger partial charge in [-0.05, 0) is 88.3 Å². The van der Waals surface area contributed by atoms with Crippen molar-refractivity contribution in [2.45, 2.75) is 106 Å². The monoisotopic (exact) mass is 685 g/mol. The van der Waals surface area contributed by atoms with Crippen LogP contribution in [0.5, 0.6) is 0 Å². The lowest BCUT2D eigenvalue weighted by molar-refractivity contribution is -0.167. The number of carbonyl (C=O) groups excluding carboxylic acids is 1. The number of hydrogen-bond acceptors (Lipinski definition) is 6. The molecule has 12 heteroatoms. The highest BCUT2D eigenvalue weighted by molar-refractivity contribution is 6.43. The third-order valence-electron chi connectivity index (χ3n) is 7.40. The molecule has 0 amide bonds. The fourth-order valence-electron chi connectivity index (χ4n) is 4.93. The molecule has 0 fully saturated rings. The quantitative estimate of drug-likeness (QED) is 0.203. The smallest absolute Gasteiger partial charge is 0.312 e. The van der Waals surface area contributed by atoms with Crippen molar-refractivity contribution in [2.24, 2.45) is 5.41 Å². The van der Waals surface area contributed by atoms with Gasteiger partial charge in [0.2, 0.25) is 0 Å². The number of rotatable bonds is 11. The van der Waals surface area contributed by atoms with Gasteiger partial charge in [-0.1, -0.05) is 46.9 Å². The van der Waals surface area contributed by atoms with Gasteiger partial charge >= 0.3 is 5.97 Å². The Balaban J connectivity index is 1.98. The number of nitrogens with one attached hydrogen (secondary N) is 1. The Morgan fingerprint density at radius 1 is 1.04 bits per heavy atom. The van der Waals surface area contributed by atoms with Gasteiger partial charge in [0.05, 0.1) is 21.7 Å². The van der Waals surface area contributed by atoms with Gasteiger partial charge in [-0.25, -0.2) is 13.8 Å². The molecule has 0 bridgehead atoms. The Morgan fingerprint density at radius 2 is 1.69 bits per heavy atom. The lowest BCUT2D eigenvalue weighted by Crippen LogP contribution is -2.41. The van der Waals surface area contributed by atoms with E-state index in [4.69, 9.17) is 39.5 Å². The Kier molecular flexibility index (Phi) is 11.6. The second-order valence-electron chi connectivity index (χ2n) is 14.0. The number of carbonyl (C=O) groups is 1. The minimum atomic E-state index is -1.24. The zero-order valence-corrected chi connectivity index (χ0v) is 30.0. The number of esters is 1. The van der Waals surface area contributed by atoms with E-state index in [0.717, 1.165) is 5.69 Å². The molecule has 248 valence electrons. The van der Waals surface area contributed by atoms with Gasteiger partial charge < -0.3 is 10.1 Å². The molecule has 3 rings (SSSR count). The van der Waals surface area contributed by atoms with Crippen LogP contribution in [0.15, 0.2) is 24.3 Å². The van der Waals surface area contributed by atoms with Gasteiger partial charge in [0, 0.05) is 36.3 Å². The van der Waals surface area contributed by atoms with Crippen molar-refractivity contribution in [3.8, 4) is 0 Å². The molecular weight excluding hydrogens is 643 g/mol. The van der Waals surface area contributed by atoms with Gasteiger partial charge in [0.15, 0.2) is 17.5 Å². The molecule has 3 aromatic rings. The molecule has 0 saturated heterocycles. The van der Waals surface area contributed by atoms with E-state index in [9.17, 15) is 9.18 Å². The van der Waals surface area contributed by atoms with E-state index in [1.54, 1.807) is 39.8 Å². The highest BCUT2D eigenvalue weighted by Gasteiger charge is 2.40. The molecular formula is C33H44Cl3F2N5O2. The molecule has 0 saturated carbocycles. The second-order valence-corrected chi connectivity index (χ2v) is 15.2. The highest BCUT2D eigenvalue weighted by atomic mass is 35.5. The normalized spacial score (nSPS) is 13.8. The largest absolute Gasteiger partial charge is 0.460 e. The van der Waals surface area contributed by atoms with Crippen LogP contribution in [-0.2, 0) is 28.0 Å². The Morgan fingerprint density at radius 3 is 2.24 bits per heavy atom. The van der Waals surface area contributed by atoms with Crippen LogP contribution < -0.4 is 5.32 Å². The molecule has 1 N–H and O–H groups in total. The predicted octanol–water partition coefficient (Wildman–Crippen LogP) is 9.51. The number of ether oxygens (including phenoxy) is 1. The first kappa shape index (κ1) is 37.0. The van der Waals surface area contributed by atoms with Gasteiger partial charge in [0.1, 0.15) is 21.5 Å². The minimum Gasteiger partial charge on any atom is -0.460 e. The van der Waals surface area contributed by atoms with Crippen LogP contribution in [0.4, 0.5) is 20.4 Å². The molecule has 0 unspecified atom stereocenters. The van der Waals surface area contributed by atoms with Crippen molar-refractivity contribution < 1.29 is 18.3 Å². The molecule has 45 heavy (non-hydrogen) atoms. The first-order chi connectivity index (χ1) is 20.6. The molecule has 1 aromatic carbocycles. The maximum absolute atomic E-state index is 15.7. The molecule has 1 atom stereocenters. The van der Waals surface area contributed by atoms with Gasteiger partial charge in [-0.2, -0.15) is 5.10 Å². The van der Waals surface area contributed by atoms with Gasteiger partial charge in [0.25, 0.3) is 0 Å². The molecule has 0 aliphatic heterocycles. The van der Waals surface area contributed by atoms with Crippen LogP contribution >= 0.6 is 34.8 Å². The van der Waals surface area contributed by atoms with E-state index in [2.05, 4.69) is 15.4 Å². The molecule has 2 heterocycles. The summed E-state index contributed by atoms with van der Waals surface area (Å²) in [6.07, 6.45) is 0.119. The van der Waals surface area contributed by atoms with Crippen molar-refractivity contribution >= 4 is 52.4 Å². The zero-order chi connectivity index (χ0) is 34.1. The molecule has 2 aromatic heterocycles. The fourth-order valence-corrected chi connectivity index (χ4v) is 5.49. The van der Waals surface area contributed by atoms with E-state index in [1.165, 1.54) is 6.07 Å². The Labute approximate surface area is 280 Å². The summed E-state index contributed by atoms with van der Waals surface area (Å²) in [5.41, 5.74) is -1.01. The Hall–Kier alpha value is -2.46. The molecule has 7 nitrogen and oxygen atoms in total. The first-order valence-corrected chi connectivity index (χ1v) is 16.0. The number of benzene rings is 1. The first-order valence-electron chi connectivity index (χ1n) is 14.9. The van der Waals surface area contributed by atoms with Crippen LogP contribution in [0.1, 0.15) is 85.7 Å². The van der Waals surface area contributed by atoms with E-state index in [0.29, 0.717) is 17.9 Å². The SMILES string of the molecule is Cc1cc(Nc2nc(C[C@](C)(CCN(Cc3cccc(Cl)c3F)C(C)C)C(=O)OC(C)(C)C)c(F)c(Cl)c2Cl)nn1C(C)(C)C. The van der Waals surface area contributed by atoms with Crippen LogP contribution in [0, 0.1) is 24.0 Å². The number of halogens is 5. The molecule has 0 spiro atoms. The number of nitrogens with zero attached hydrogens (tertiary/aromatic N) is 4. The zero-order valence-electron chi connectivity index (χ0n) is 27.7. The van der Waals surface area contributed by atoms with Gasteiger partial charge in [-0.3, -0.25) is 14.4 Å².